The first-order chi connectivity index (χ1) is 9.49. The highest BCUT2D eigenvalue weighted by Crippen LogP contribution is 2.25. The van der Waals surface area contributed by atoms with E-state index in [-0.39, 0.29) is 11.5 Å². The van der Waals surface area contributed by atoms with Crippen molar-refractivity contribution in [1.82, 2.24) is 4.90 Å². The van der Waals surface area contributed by atoms with Crippen LogP contribution in [0.3, 0.4) is 0 Å². The molecular weight excluding hydrogens is 254 g/mol. The second-order valence-corrected chi connectivity index (χ2v) is 5.76. The Morgan fingerprint density at radius 2 is 1.80 bits per heavy atom. The Bertz CT molecular complexity index is 502. The Labute approximate surface area is 119 Å². The van der Waals surface area contributed by atoms with Gasteiger partial charge in [0.05, 0.1) is 5.56 Å². The predicted octanol–water partition coefficient (Wildman–Crippen LogP) is 2.89. The third kappa shape index (κ3) is 3.18. The number of benzene rings is 1. The van der Waals surface area contributed by atoms with Gasteiger partial charge in [0, 0.05) is 18.7 Å². The van der Waals surface area contributed by atoms with Gasteiger partial charge in [0.1, 0.15) is 0 Å². The van der Waals surface area contributed by atoms with Crippen LogP contribution >= 0.6 is 0 Å². The maximum Gasteiger partial charge on any atom is 0.335 e. The summed E-state index contributed by atoms with van der Waals surface area (Å²) in [5.41, 5.74) is 0.626. The molecule has 0 aromatic heterocycles. The van der Waals surface area contributed by atoms with E-state index in [1.165, 1.54) is 12.1 Å². The van der Waals surface area contributed by atoms with E-state index in [0.717, 1.165) is 25.9 Å². The van der Waals surface area contributed by atoms with Gasteiger partial charge in [0.25, 0.3) is 5.91 Å². The van der Waals surface area contributed by atoms with Gasteiger partial charge in [-0.15, -0.1) is 0 Å². The van der Waals surface area contributed by atoms with Crippen molar-refractivity contribution in [2.24, 2.45) is 11.8 Å². The number of likely N-dealkylation sites (tertiary alicyclic amines) is 1. The van der Waals surface area contributed by atoms with Gasteiger partial charge in [-0.05, 0) is 42.9 Å². The number of carboxylic acids is 1. The third-order valence-corrected chi connectivity index (χ3v) is 4.13. The lowest BCUT2D eigenvalue weighted by atomic mass is 9.86. The normalized spacial score (nSPS) is 16.4. The minimum atomic E-state index is -1.00. The molecule has 0 saturated carbocycles. The summed E-state index contributed by atoms with van der Waals surface area (Å²) in [6.45, 7) is 5.97. The van der Waals surface area contributed by atoms with E-state index >= 15 is 0 Å². The second kappa shape index (κ2) is 6.07. The highest BCUT2D eigenvalue weighted by molar-refractivity contribution is 5.97. The average molecular weight is 275 g/mol. The van der Waals surface area contributed by atoms with Crippen molar-refractivity contribution in [2.45, 2.75) is 26.7 Å². The fourth-order valence-electron chi connectivity index (χ4n) is 2.74. The molecule has 1 N–H and O–H groups in total. The number of hydrogen-bond acceptors (Lipinski definition) is 2. The van der Waals surface area contributed by atoms with Gasteiger partial charge in [-0.1, -0.05) is 19.9 Å². The van der Waals surface area contributed by atoms with E-state index < -0.39 is 5.97 Å². The molecule has 1 aromatic carbocycles. The first kappa shape index (κ1) is 14.6. The molecule has 4 heteroatoms. The molecule has 0 radical (unpaired) electrons. The highest BCUT2D eigenvalue weighted by atomic mass is 16.4. The average Bonchev–Trinajstić information content (AvgIpc) is 2.46. The topological polar surface area (TPSA) is 57.6 Å². The van der Waals surface area contributed by atoms with Crippen molar-refractivity contribution in [3.63, 3.8) is 0 Å². The number of carbonyl (C=O) groups is 2. The van der Waals surface area contributed by atoms with E-state index in [1.54, 1.807) is 12.1 Å². The van der Waals surface area contributed by atoms with Gasteiger partial charge in [0.2, 0.25) is 0 Å². The summed E-state index contributed by atoms with van der Waals surface area (Å²) in [5, 5.41) is 8.97. The van der Waals surface area contributed by atoms with E-state index in [2.05, 4.69) is 13.8 Å². The number of aromatic carboxylic acids is 1. The van der Waals surface area contributed by atoms with Crippen LogP contribution in [0.4, 0.5) is 0 Å². The van der Waals surface area contributed by atoms with Gasteiger partial charge in [0.15, 0.2) is 0 Å². The Balaban J connectivity index is 2.05. The van der Waals surface area contributed by atoms with Gasteiger partial charge in [-0.3, -0.25) is 4.79 Å². The fraction of sp³-hybridized carbons (Fsp3) is 0.500. The smallest absolute Gasteiger partial charge is 0.335 e. The van der Waals surface area contributed by atoms with Crippen LogP contribution in [0.15, 0.2) is 24.3 Å². The van der Waals surface area contributed by atoms with E-state index in [1.807, 2.05) is 4.90 Å². The molecule has 0 aliphatic carbocycles. The minimum Gasteiger partial charge on any atom is -0.478 e. The van der Waals surface area contributed by atoms with Crippen LogP contribution in [-0.4, -0.2) is 35.0 Å². The molecule has 1 aliphatic rings. The quantitative estimate of drug-likeness (QED) is 0.922. The Morgan fingerprint density at radius 1 is 1.20 bits per heavy atom. The molecule has 1 aliphatic heterocycles. The van der Waals surface area contributed by atoms with Crippen molar-refractivity contribution < 1.29 is 14.7 Å². The molecule has 4 nitrogen and oxygen atoms in total. The fourth-order valence-corrected chi connectivity index (χ4v) is 2.74. The van der Waals surface area contributed by atoms with E-state index in [4.69, 9.17) is 5.11 Å². The van der Waals surface area contributed by atoms with Crippen LogP contribution in [0.5, 0.6) is 0 Å². The Morgan fingerprint density at radius 3 is 2.35 bits per heavy atom. The molecule has 1 fully saturated rings. The van der Waals surface area contributed by atoms with Crippen LogP contribution in [0.25, 0.3) is 0 Å². The lowest BCUT2D eigenvalue weighted by molar-refractivity contribution is 0.0667. The maximum absolute atomic E-state index is 12.4. The first-order valence-electron chi connectivity index (χ1n) is 7.11. The van der Waals surface area contributed by atoms with Crippen LogP contribution < -0.4 is 0 Å². The zero-order valence-electron chi connectivity index (χ0n) is 12.0. The number of piperidine rings is 1. The molecular formula is C16H21NO3. The summed E-state index contributed by atoms with van der Waals surface area (Å²) in [7, 11) is 0. The molecule has 1 saturated heterocycles. The summed E-state index contributed by atoms with van der Waals surface area (Å²) in [4.78, 5) is 25.2. The number of carboxylic acid groups (broad SMARTS) is 1. The lowest BCUT2D eigenvalue weighted by Gasteiger charge is -2.34. The third-order valence-electron chi connectivity index (χ3n) is 4.13. The summed E-state index contributed by atoms with van der Waals surface area (Å²) < 4.78 is 0. The van der Waals surface area contributed by atoms with Crippen molar-refractivity contribution in [3.8, 4) is 0 Å². The summed E-state index contributed by atoms with van der Waals surface area (Å²) >= 11 is 0. The first-order valence-corrected chi connectivity index (χ1v) is 7.11. The molecule has 0 atom stereocenters. The molecule has 0 spiro atoms. The molecule has 2 rings (SSSR count). The highest BCUT2D eigenvalue weighted by Gasteiger charge is 2.25. The Kier molecular flexibility index (Phi) is 4.42. The standard InChI is InChI=1S/C16H21NO3/c1-11(2)12-6-8-17(9-7-12)15(18)13-4-3-5-14(10-13)16(19)20/h3-5,10-12H,6-9H2,1-2H3,(H,19,20). The van der Waals surface area contributed by atoms with Gasteiger partial charge < -0.3 is 10.0 Å². The van der Waals surface area contributed by atoms with Crippen molar-refractivity contribution in [2.75, 3.05) is 13.1 Å². The SMILES string of the molecule is CC(C)C1CCN(C(=O)c2cccc(C(=O)O)c2)CC1. The van der Waals surface area contributed by atoms with Crippen LogP contribution in [0.2, 0.25) is 0 Å². The van der Waals surface area contributed by atoms with Gasteiger partial charge >= 0.3 is 5.97 Å². The predicted molar refractivity (Wildman–Crippen MR) is 76.9 cm³/mol. The Hall–Kier alpha value is -1.84. The maximum atomic E-state index is 12.4. The van der Waals surface area contributed by atoms with Crippen molar-refractivity contribution in [1.29, 1.82) is 0 Å². The summed E-state index contributed by atoms with van der Waals surface area (Å²) in [6.07, 6.45) is 2.06. The van der Waals surface area contributed by atoms with E-state index in [9.17, 15) is 9.59 Å². The van der Waals surface area contributed by atoms with Gasteiger partial charge in [-0.2, -0.15) is 0 Å². The van der Waals surface area contributed by atoms with Crippen molar-refractivity contribution in [3.05, 3.63) is 35.4 Å². The largest absolute Gasteiger partial charge is 0.478 e. The number of nitrogens with zero attached hydrogens (tertiary/aromatic N) is 1. The molecule has 0 bridgehead atoms. The number of hydrogen-bond donors (Lipinski definition) is 1. The lowest BCUT2D eigenvalue weighted by Crippen LogP contribution is -2.39. The number of rotatable bonds is 3. The summed E-state index contributed by atoms with van der Waals surface area (Å²) in [5.74, 6) is 0.278. The molecule has 1 aromatic rings. The number of carbonyl (C=O) groups excluding carboxylic acids is 1. The minimum absolute atomic E-state index is 0.0599. The van der Waals surface area contributed by atoms with Crippen molar-refractivity contribution >= 4 is 11.9 Å². The zero-order valence-corrected chi connectivity index (χ0v) is 12.0. The van der Waals surface area contributed by atoms with Crippen LogP contribution in [-0.2, 0) is 0 Å². The molecule has 0 unspecified atom stereocenters. The van der Waals surface area contributed by atoms with Crippen LogP contribution in [0, 0.1) is 11.8 Å². The van der Waals surface area contributed by atoms with Crippen LogP contribution in [0.1, 0.15) is 47.4 Å². The van der Waals surface area contributed by atoms with E-state index in [0.29, 0.717) is 17.4 Å². The molecule has 108 valence electrons. The summed E-state index contributed by atoms with van der Waals surface area (Å²) in [6, 6.07) is 6.27. The zero-order chi connectivity index (χ0) is 14.7. The molecule has 1 amide bonds. The second-order valence-electron chi connectivity index (χ2n) is 5.76. The molecule has 1 heterocycles. The van der Waals surface area contributed by atoms with Gasteiger partial charge in [-0.25, -0.2) is 4.79 Å². The molecule has 20 heavy (non-hydrogen) atoms. The monoisotopic (exact) mass is 275 g/mol. The number of amides is 1.